The number of halogens is 3. The molecule has 0 amide bonds. The molecule has 0 saturated carbocycles. The van der Waals surface area contributed by atoms with E-state index in [1.165, 1.54) is 6.07 Å². The maximum absolute atomic E-state index is 12.6. The van der Waals surface area contributed by atoms with Crippen molar-refractivity contribution in [3.63, 3.8) is 0 Å². The van der Waals surface area contributed by atoms with Crippen LogP contribution in [0.15, 0.2) is 18.2 Å². The summed E-state index contributed by atoms with van der Waals surface area (Å²) >= 11 is 5.04. The average Bonchev–Trinajstić information content (AvgIpc) is 2.36. The smallest absolute Gasteiger partial charge is 0.385 e. The minimum absolute atomic E-state index is 0.295. The predicted molar refractivity (Wildman–Crippen MR) is 76.9 cm³/mol. The Bertz CT molecular complexity index is 463. The van der Waals surface area contributed by atoms with E-state index in [4.69, 9.17) is 17.0 Å². The number of nitrogens with one attached hydrogen (secondary N) is 2. The Labute approximate surface area is 121 Å². The van der Waals surface area contributed by atoms with Crippen molar-refractivity contribution in [2.24, 2.45) is 0 Å². The normalized spacial score (nSPS) is 11.2. The van der Waals surface area contributed by atoms with Gasteiger partial charge in [-0.05, 0) is 43.3 Å². The Morgan fingerprint density at radius 3 is 2.65 bits per heavy atom. The largest absolute Gasteiger partial charge is 0.416 e. The lowest BCUT2D eigenvalue weighted by molar-refractivity contribution is -0.137. The van der Waals surface area contributed by atoms with Gasteiger partial charge in [0.25, 0.3) is 0 Å². The van der Waals surface area contributed by atoms with Crippen molar-refractivity contribution in [1.82, 2.24) is 5.32 Å². The number of hydrogen-bond donors (Lipinski definition) is 2. The van der Waals surface area contributed by atoms with Crippen molar-refractivity contribution in [2.45, 2.75) is 19.5 Å². The van der Waals surface area contributed by atoms with Crippen molar-refractivity contribution in [3.05, 3.63) is 29.3 Å². The van der Waals surface area contributed by atoms with Crippen LogP contribution >= 0.6 is 12.2 Å². The zero-order valence-corrected chi connectivity index (χ0v) is 12.1. The third-order valence-electron chi connectivity index (χ3n) is 2.62. The first-order chi connectivity index (χ1) is 9.34. The van der Waals surface area contributed by atoms with Gasteiger partial charge in [-0.25, -0.2) is 0 Å². The fourth-order valence-corrected chi connectivity index (χ4v) is 1.73. The minimum atomic E-state index is -4.36. The molecule has 0 aliphatic rings. The molecule has 0 aromatic heterocycles. The monoisotopic (exact) mass is 306 g/mol. The van der Waals surface area contributed by atoms with E-state index < -0.39 is 11.7 Å². The highest BCUT2D eigenvalue weighted by atomic mass is 32.1. The molecule has 1 aromatic rings. The first-order valence-corrected chi connectivity index (χ1v) is 6.47. The van der Waals surface area contributed by atoms with Gasteiger partial charge in [0.05, 0.1) is 5.56 Å². The summed E-state index contributed by atoms with van der Waals surface area (Å²) in [6.07, 6.45) is -3.60. The highest BCUT2D eigenvalue weighted by Gasteiger charge is 2.30. The number of thiocarbonyl (C=S) groups is 1. The zero-order chi connectivity index (χ0) is 15.2. The molecule has 20 heavy (non-hydrogen) atoms. The second-order valence-electron chi connectivity index (χ2n) is 4.25. The van der Waals surface area contributed by atoms with E-state index in [1.807, 2.05) is 0 Å². The summed E-state index contributed by atoms with van der Waals surface area (Å²) in [5.41, 5.74) is 0.343. The molecular weight excluding hydrogens is 289 g/mol. The molecule has 0 aliphatic carbocycles. The zero-order valence-electron chi connectivity index (χ0n) is 11.3. The third-order valence-corrected chi connectivity index (χ3v) is 2.87. The Morgan fingerprint density at radius 2 is 2.05 bits per heavy atom. The fourth-order valence-electron chi connectivity index (χ4n) is 1.52. The Kier molecular flexibility index (Phi) is 6.22. The highest BCUT2D eigenvalue weighted by molar-refractivity contribution is 7.80. The summed E-state index contributed by atoms with van der Waals surface area (Å²) in [6.45, 7) is 2.91. The standard InChI is InChI=1S/C13H17F3N2OS/c1-9-4-5-10(13(14,15)16)8-11(9)18-12(20)17-6-3-7-19-2/h4-5,8H,3,6-7H2,1-2H3,(H2,17,18,20). The van der Waals surface area contributed by atoms with Gasteiger partial charge in [0, 0.05) is 25.9 Å². The lowest BCUT2D eigenvalue weighted by atomic mass is 10.1. The minimum Gasteiger partial charge on any atom is -0.385 e. The molecule has 0 heterocycles. The van der Waals surface area contributed by atoms with Crippen LogP contribution in [0.4, 0.5) is 18.9 Å². The molecule has 112 valence electrons. The molecule has 0 bridgehead atoms. The van der Waals surface area contributed by atoms with Crippen molar-refractivity contribution in [1.29, 1.82) is 0 Å². The summed E-state index contributed by atoms with van der Waals surface area (Å²) in [7, 11) is 1.60. The molecule has 3 nitrogen and oxygen atoms in total. The van der Waals surface area contributed by atoms with Crippen LogP contribution in [-0.4, -0.2) is 25.4 Å². The van der Waals surface area contributed by atoms with Crippen LogP contribution in [0.3, 0.4) is 0 Å². The van der Waals surface area contributed by atoms with E-state index in [9.17, 15) is 13.2 Å². The van der Waals surface area contributed by atoms with E-state index in [0.717, 1.165) is 18.6 Å². The van der Waals surface area contributed by atoms with E-state index in [1.54, 1.807) is 14.0 Å². The van der Waals surface area contributed by atoms with Gasteiger partial charge in [0.1, 0.15) is 0 Å². The summed E-state index contributed by atoms with van der Waals surface area (Å²) in [4.78, 5) is 0. The van der Waals surface area contributed by atoms with Crippen LogP contribution in [0, 0.1) is 6.92 Å². The quantitative estimate of drug-likeness (QED) is 0.646. The Morgan fingerprint density at radius 1 is 1.35 bits per heavy atom. The molecule has 0 saturated heterocycles. The van der Waals surface area contributed by atoms with Gasteiger partial charge >= 0.3 is 6.18 Å². The van der Waals surface area contributed by atoms with Gasteiger partial charge in [-0.2, -0.15) is 13.2 Å². The second kappa shape index (κ2) is 7.44. The van der Waals surface area contributed by atoms with Gasteiger partial charge in [0.15, 0.2) is 5.11 Å². The van der Waals surface area contributed by atoms with Crippen LogP contribution < -0.4 is 10.6 Å². The molecule has 7 heteroatoms. The van der Waals surface area contributed by atoms with Crippen molar-refractivity contribution >= 4 is 23.0 Å². The molecular formula is C13H17F3N2OS. The van der Waals surface area contributed by atoms with Gasteiger partial charge in [0.2, 0.25) is 0 Å². The molecule has 1 rings (SSSR count). The van der Waals surface area contributed by atoms with Crippen LogP contribution in [0.1, 0.15) is 17.5 Å². The topological polar surface area (TPSA) is 33.3 Å². The lowest BCUT2D eigenvalue weighted by Gasteiger charge is -2.14. The maximum atomic E-state index is 12.6. The number of benzene rings is 1. The summed E-state index contributed by atoms with van der Waals surface area (Å²) in [6, 6.07) is 3.52. The van der Waals surface area contributed by atoms with Crippen LogP contribution in [-0.2, 0) is 10.9 Å². The lowest BCUT2D eigenvalue weighted by Crippen LogP contribution is -2.30. The summed E-state index contributed by atoms with van der Waals surface area (Å²) in [5, 5.41) is 5.98. The van der Waals surface area contributed by atoms with Gasteiger partial charge in [-0.3, -0.25) is 0 Å². The first-order valence-electron chi connectivity index (χ1n) is 6.06. The van der Waals surface area contributed by atoms with Crippen LogP contribution in [0.5, 0.6) is 0 Å². The van der Waals surface area contributed by atoms with Gasteiger partial charge in [-0.1, -0.05) is 6.07 Å². The van der Waals surface area contributed by atoms with Crippen LogP contribution in [0.2, 0.25) is 0 Å². The molecule has 2 N–H and O–H groups in total. The van der Waals surface area contributed by atoms with Gasteiger partial charge in [-0.15, -0.1) is 0 Å². The molecule has 0 atom stereocenters. The summed E-state index contributed by atoms with van der Waals surface area (Å²) < 4.78 is 42.8. The number of rotatable bonds is 5. The van der Waals surface area contributed by atoms with E-state index >= 15 is 0 Å². The number of hydrogen-bond acceptors (Lipinski definition) is 2. The van der Waals surface area contributed by atoms with E-state index in [0.29, 0.717) is 29.5 Å². The summed E-state index contributed by atoms with van der Waals surface area (Å²) in [5.74, 6) is 0. The SMILES string of the molecule is COCCCNC(=S)Nc1cc(C(F)(F)F)ccc1C. The Balaban J connectivity index is 2.65. The van der Waals surface area contributed by atoms with E-state index in [-0.39, 0.29) is 0 Å². The molecule has 0 aliphatic heterocycles. The van der Waals surface area contributed by atoms with Crippen molar-refractivity contribution in [2.75, 3.05) is 25.6 Å². The average molecular weight is 306 g/mol. The number of anilines is 1. The number of ether oxygens (including phenoxy) is 1. The number of alkyl halides is 3. The predicted octanol–water partition coefficient (Wildman–Crippen LogP) is 3.34. The molecule has 0 spiro atoms. The van der Waals surface area contributed by atoms with Crippen molar-refractivity contribution < 1.29 is 17.9 Å². The second-order valence-corrected chi connectivity index (χ2v) is 4.66. The molecule has 0 radical (unpaired) electrons. The number of aryl methyl sites for hydroxylation is 1. The van der Waals surface area contributed by atoms with Gasteiger partial charge < -0.3 is 15.4 Å². The van der Waals surface area contributed by atoms with Crippen molar-refractivity contribution in [3.8, 4) is 0 Å². The van der Waals surface area contributed by atoms with Crippen LogP contribution in [0.25, 0.3) is 0 Å². The highest BCUT2D eigenvalue weighted by Crippen LogP contribution is 2.31. The number of methoxy groups -OCH3 is 1. The first kappa shape index (κ1) is 16.7. The third kappa shape index (κ3) is 5.34. The molecule has 1 aromatic carbocycles. The fraction of sp³-hybridized carbons (Fsp3) is 0.462. The maximum Gasteiger partial charge on any atom is 0.416 e. The molecule has 0 fully saturated rings. The Hall–Kier alpha value is -1.34. The molecule has 0 unspecified atom stereocenters. The van der Waals surface area contributed by atoms with E-state index in [2.05, 4.69) is 10.6 Å².